The van der Waals surface area contributed by atoms with Crippen molar-refractivity contribution in [1.82, 2.24) is 9.88 Å². The number of pyridine rings is 1. The second-order valence-electron chi connectivity index (χ2n) is 8.61. The summed E-state index contributed by atoms with van der Waals surface area (Å²) in [6, 6.07) is 9.01. The molecular weight excluding hydrogens is 346 g/mol. The molecule has 0 spiro atoms. The van der Waals surface area contributed by atoms with Crippen LogP contribution in [0.2, 0.25) is 0 Å². The van der Waals surface area contributed by atoms with Gasteiger partial charge in [-0.3, -0.25) is 14.8 Å². The van der Waals surface area contributed by atoms with Gasteiger partial charge in [-0.1, -0.05) is 18.9 Å². The molecule has 1 unspecified atom stereocenters. The molecule has 5 rings (SSSR count). The Labute approximate surface area is 166 Å². The zero-order valence-corrected chi connectivity index (χ0v) is 16.7. The highest BCUT2D eigenvalue weighted by atomic mass is 16.2. The molecule has 1 atom stereocenters. The molecular formula is C24H27N3O. The van der Waals surface area contributed by atoms with Crippen LogP contribution in [0, 0.1) is 12.8 Å². The van der Waals surface area contributed by atoms with Gasteiger partial charge in [0, 0.05) is 35.6 Å². The third kappa shape index (κ3) is 2.95. The molecule has 144 valence electrons. The summed E-state index contributed by atoms with van der Waals surface area (Å²) in [6.07, 6.45) is 7.54. The van der Waals surface area contributed by atoms with Gasteiger partial charge >= 0.3 is 0 Å². The Morgan fingerprint density at radius 3 is 2.71 bits per heavy atom. The van der Waals surface area contributed by atoms with Crippen LogP contribution in [0.1, 0.15) is 66.1 Å². The molecule has 1 amide bonds. The summed E-state index contributed by atoms with van der Waals surface area (Å²) in [5, 5.41) is 0. The van der Waals surface area contributed by atoms with Crippen molar-refractivity contribution in [2.24, 2.45) is 10.9 Å². The van der Waals surface area contributed by atoms with Crippen molar-refractivity contribution in [3.63, 3.8) is 0 Å². The molecule has 3 heterocycles. The van der Waals surface area contributed by atoms with E-state index >= 15 is 0 Å². The maximum absolute atomic E-state index is 12.9. The van der Waals surface area contributed by atoms with Gasteiger partial charge in [0.2, 0.25) is 5.91 Å². The molecule has 2 aliphatic heterocycles. The third-order valence-electron chi connectivity index (χ3n) is 6.83. The highest BCUT2D eigenvalue weighted by Crippen LogP contribution is 2.35. The molecule has 1 aromatic heterocycles. The molecule has 0 bridgehead atoms. The summed E-state index contributed by atoms with van der Waals surface area (Å²) in [7, 11) is 0. The molecule has 0 saturated heterocycles. The Hall–Kier alpha value is -2.49. The molecule has 1 saturated carbocycles. The van der Waals surface area contributed by atoms with Crippen molar-refractivity contribution in [1.29, 1.82) is 0 Å². The number of rotatable bonds is 3. The fourth-order valence-electron chi connectivity index (χ4n) is 5.19. The summed E-state index contributed by atoms with van der Waals surface area (Å²) in [5.41, 5.74) is 8.17. The van der Waals surface area contributed by atoms with E-state index in [9.17, 15) is 4.79 Å². The highest BCUT2D eigenvalue weighted by Gasteiger charge is 2.33. The van der Waals surface area contributed by atoms with Crippen LogP contribution in [-0.2, 0) is 24.3 Å². The number of nitrogens with zero attached hydrogens (tertiary/aromatic N) is 3. The van der Waals surface area contributed by atoms with Crippen LogP contribution in [0.5, 0.6) is 0 Å². The van der Waals surface area contributed by atoms with Crippen LogP contribution in [-0.4, -0.2) is 27.5 Å². The Balaban J connectivity index is 1.47. The number of aromatic nitrogens is 1. The molecule has 2 aromatic rings. The quantitative estimate of drug-likeness (QED) is 0.809. The Morgan fingerprint density at radius 1 is 1.11 bits per heavy atom. The average molecular weight is 374 g/mol. The van der Waals surface area contributed by atoms with Crippen LogP contribution >= 0.6 is 0 Å². The topological polar surface area (TPSA) is 45.6 Å². The zero-order valence-electron chi connectivity index (χ0n) is 16.7. The van der Waals surface area contributed by atoms with E-state index in [1.54, 1.807) is 0 Å². The predicted molar refractivity (Wildman–Crippen MR) is 110 cm³/mol. The van der Waals surface area contributed by atoms with Crippen LogP contribution in [0.3, 0.4) is 0 Å². The lowest BCUT2D eigenvalue weighted by Crippen LogP contribution is -2.45. The molecule has 3 aliphatic rings. The van der Waals surface area contributed by atoms with Gasteiger partial charge < -0.3 is 4.90 Å². The number of aryl methyl sites for hydroxylation is 1. The van der Waals surface area contributed by atoms with E-state index in [-0.39, 0.29) is 5.91 Å². The summed E-state index contributed by atoms with van der Waals surface area (Å²) in [6.45, 7) is 5.71. The van der Waals surface area contributed by atoms with Crippen molar-refractivity contribution in [2.75, 3.05) is 0 Å². The minimum absolute atomic E-state index is 0.288. The second kappa shape index (κ2) is 6.84. The molecule has 1 aromatic carbocycles. The average Bonchev–Trinajstić information content (AvgIpc) is 3.35. The normalized spacial score (nSPS) is 20.1. The molecule has 1 aliphatic carbocycles. The molecule has 0 N–H and O–H groups in total. The maximum atomic E-state index is 12.9. The number of hydrogen-bond acceptors (Lipinski definition) is 3. The lowest BCUT2D eigenvalue weighted by molar-refractivity contribution is -0.135. The van der Waals surface area contributed by atoms with E-state index in [4.69, 9.17) is 4.99 Å². The van der Waals surface area contributed by atoms with Gasteiger partial charge in [-0.2, -0.15) is 0 Å². The standard InChI is InChI=1S/C24H27N3O/c1-15-9-18(7-8-25-15)24-22-11-21-14-27(16(2)17-5-3-4-6-17)23(28)12-19(21)10-20(22)13-26-24/h7-11,16-17H,3-6,12-14H2,1-2H3. The second-order valence-corrected chi connectivity index (χ2v) is 8.61. The van der Waals surface area contributed by atoms with Gasteiger partial charge in [0.15, 0.2) is 0 Å². The lowest BCUT2D eigenvalue weighted by Gasteiger charge is -2.37. The van der Waals surface area contributed by atoms with Crippen molar-refractivity contribution < 1.29 is 4.79 Å². The van der Waals surface area contributed by atoms with Gasteiger partial charge in [0.1, 0.15) is 0 Å². The fraction of sp³-hybridized carbons (Fsp3) is 0.458. The largest absolute Gasteiger partial charge is 0.335 e. The van der Waals surface area contributed by atoms with Crippen molar-refractivity contribution in [2.45, 2.75) is 65.1 Å². The van der Waals surface area contributed by atoms with Gasteiger partial charge in [0.05, 0.1) is 18.7 Å². The first-order chi connectivity index (χ1) is 13.6. The molecule has 0 radical (unpaired) electrons. The number of carbonyl (C=O) groups is 1. The van der Waals surface area contributed by atoms with Crippen LogP contribution in [0.15, 0.2) is 35.5 Å². The Morgan fingerprint density at radius 2 is 1.93 bits per heavy atom. The van der Waals surface area contributed by atoms with Crippen molar-refractivity contribution in [3.05, 3.63) is 64.0 Å². The van der Waals surface area contributed by atoms with Gasteiger partial charge in [0.25, 0.3) is 0 Å². The van der Waals surface area contributed by atoms with Crippen molar-refractivity contribution >= 4 is 11.6 Å². The SMILES string of the molecule is Cc1cc(C2=NCc3cc4c(cc32)CN(C(C)C2CCCC2)C(=O)C4)ccn1. The first-order valence-electron chi connectivity index (χ1n) is 10.5. The summed E-state index contributed by atoms with van der Waals surface area (Å²) in [5.74, 6) is 0.951. The number of benzene rings is 1. The monoisotopic (exact) mass is 373 g/mol. The smallest absolute Gasteiger partial charge is 0.227 e. The summed E-state index contributed by atoms with van der Waals surface area (Å²) < 4.78 is 0. The number of hydrogen-bond donors (Lipinski definition) is 0. The number of fused-ring (bicyclic) bond motifs is 2. The Kier molecular flexibility index (Phi) is 4.30. The van der Waals surface area contributed by atoms with Gasteiger partial charge in [-0.05, 0) is 67.5 Å². The third-order valence-corrected chi connectivity index (χ3v) is 6.83. The molecule has 4 nitrogen and oxygen atoms in total. The maximum Gasteiger partial charge on any atom is 0.227 e. The number of carbonyl (C=O) groups excluding carboxylic acids is 1. The lowest BCUT2D eigenvalue weighted by atomic mass is 9.89. The van der Waals surface area contributed by atoms with Crippen LogP contribution in [0.25, 0.3) is 0 Å². The van der Waals surface area contributed by atoms with E-state index in [0.29, 0.717) is 24.9 Å². The molecule has 1 fully saturated rings. The summed E-state index contributed by atoms with van der Waals surface area (Å²) >= 11 is 0. The minimum Gasteiger partial charge on any atom is -0.335 e. The molecule has 28 heavy (non-hydrogen) atoms. The van der Waals surface area contributed by atoms with Crippen molar-refractivity contribution in [3.8, 4) is 0 Å². The van der Waals surface area contributed by atoms with Crippen LogP contribution < -0.4 is 0 Å². The fourth-order valence-corrected chi connectivity index (χ4v) is 5.19. The van der Waals surface area contributed by atoms with Crippen LogP contribution in [0.4, 0.5) is 0 Å². The van der Waals surface area contributed by atoms with Gasteiger partial charge in [-0.15, -0.1) is 0 Å². The molecule has 4 heteroatoms. The minimum atomic E-state index is 0.288. The Bertz CT molecular complexity index is 972. The van der Waals surface area contributed by atoms with E-state index < -0.39 is 0 Å². The van der Waals surface area contributed by atoms with Gasteiger partial charge in [-0.25, -0.2) is 0 Å². The number of aliphatic imine (C=N–C) groups is 1. The first kappa shape index (κ1) is 17.6. The number of amides is 1. The predicted octanol–water partition coefficient (Wildman–Crippen LogP) is 4.20. The van der Waals surface area contributed by atoms with E-state index in [1.165, 1.54) is 47.9 Å². The first-order valence-corrected chi connectivity index (χ1v) is 10.5. The zero-order chi connectivity index (χ0) is 19.3. The van der Waals surface area contributed by atoms with E-state index in [0.717, 1.165) is 23.5 Å². The highest BCUT2D eigenvalue weighted by molar-refractivity contribution is 6.15. The van der Waals surface area contributed by atoms with E-state index in [1.807, 2.05) is 19.2 Å². The van der Waals surface area contributed by atoms with E-state index in [2.05, 4.69) is 35.0 Å². The summed E-state index contributed by atoms with van der Waals surface area (Å²) in [4.78, 5) is 24.1.